The molecular formula is C24H41NO8P+. The first-order valence-corrected chi connectivity index (χ1v) is 12.9. The first-order chi connectivity index (χ1) is 16.0. The highest BCUT2D eigenvalue weighted by molar-refractivity contribution is 7.47. The molecule has 2 atom stereocenters. The van der Waals surface area contributed by atoms with E-state index >= 15 is 0 Å². The van der Waals surface area contributed by atoms with Crippen LogP contribution in [0.15, 0.2) is 48.6 Å². The molecule has 0 spiro atoms. The molecular weight excluding hydrogens is 461 g/mol. The summed E-state index contributed by atoms with van der Waals surface area (Å²) in [7, 11) is 1.36. The zero-order chi connectivity index (χ0) is 25.9. The van der Waals surface area contributed by atoms with Gasteiger partial charge in [-0.15, -0.1) is 0 Å². The number of quaternary nitrogens is 1. The van der Waals surface area contributed by atoms with Crippen LogP contribution in [0.2, 0.25) is 0 Å². The first kappa shape index (κ1) is 32.0. The molecule has 0 bridgehead atoms. The van der Waals surface area contributed by atoms with Gasteiger partial charge in [0.15, 0.2) is 6.10 Å². The number of hydrogen-bond acceptors (Lipinski definition) is 7. The van der Waals surface area contributed by atoms with Gasteiger partial charge in [0.1, 0.15) is 19.8 Å². The number of rotatable bonds is 18. The minimum Gasteiger partial charge on any atom is -0.458 e. The van der Waals surface area contributed by atoms with Crippen LogP contribution < -0.4 is 0 Å². The molecule has 194 valence electrons. The standard InChI is InChI=1S/C24H40NO8P/c1-6-8-10-12-14-16-23(26)30-20-22(33-24(27)17-15-13-11-9-7-2)21-32-34(28,29)31-19-18-25(3,4)5/h10-17,22H,6-9,18-21H2,1-5H3/p+1/t22-/m1/s1. The molecule has 9 nitrogen and oxygen atoms in total. The molecule has 34 heavy (non-hydrogen) atoms. The molecule has 0 saturated heterocycles. The number of hydrogen-bond donors (Lipinski definition) is 1. The van der Waals surface area contributed by atoms with E-state index in [9.17, 15) is 19.0 Å². The van der Waals surface area contributed by atoms with Crippen LogP contribution in [0.25, 0.3) is 0 Å². The van der Waals surface area contributed by atoms with Gasteiger partial charge in [0.25, 0.3) is 0 Å². The van der Waals surface area contributed by atoms with Crippen LogP contribution in [-0.2, 0) is 32.7 Å². The van der Waals surface area contributed by atoms with E-state index in [4.69, 9.17) is 18.5 Å². The fraction of sp³-hybridized carbons (Fsp3) is 0.583. The van der Waals surface area contributed by atoms with E-state index in [2.05, 4.69) is 0 Å². The third-order valence-electron chi connectivity index (χ3n) is 4.00. The number of allylic oxidation sites excluding steroid dienone is 6. The van der Waals surface area contributed by atoms with Crippen molar-refractivity contribution < 1.29 is 42.1 Å². The number of nitrogens with zero attached hydrogens (tertiary/aromatic N) is 1. The van der Waals surface area contributed by atoms with Gasteiger partial charge in [-0.3, -0.25) is 9.05 Å². The minimum atomic E-state index is -4.38. The van der Waals surface area contributed by atoms with Crippen LogP contribution in [0.3, 0.4) is 0 Å². The Morgan fingerprint density at radius 3 is 1.97 bits per heavy atom. The fourth-order valence-corrected chi connectivity index (χ4v) is 2.88. The normalized spacial score (nSPS) is 15.4. The zero-order valence-electron chi connectivity index (χ0n) is 21.1. The predicted octanol–water partition coefficient (Wildman–Crippen LogP) is 4.11. The van der Waals surface area contributed by atoms with Gasteiger partial charge in [0.2, 0.25) is 0 Å². The van der Waals surface area contributed by atoms with Crippen molar-refractivity contribution in [3.8, 4) is 0 Å². The quantitative estimate of drug-likeness (QED) is 0.0981. The van der Waals surface area contributed by atoms with Crippen LogP contribution in [0.1, 0.15) is 39.5 Å². The fourth-order valence-electron chi connectivity index (χ4n) is 2.14. The van der Waals surface area contributed by atoms with E-state index in [1.54, 1.807) is 18.2 Å². The van der Waals surface area contributed by atoms with E-state index in [1.165, 1.54) is 18.2 Å². The lowest BCUT2D eigenvalue weighted by atomic mass is 10.3. The number of phosphoric acid groups is 1. The van der Waals surface area contributed by atoms with E-state index < -0.39 is 32.5 Å². The highest BCUT2D eigenvalue weighted by atomic mass is 31.2. The molecule has 0 rings (SSSR count). The second-order valence-corrected chi connectivity index (χ2v) is 9.91. The van der Waals surface area contributed by atoms with Gasteiger partial charge in [-0.25, -0.2) is 14.2 Å². The molecule has 0 aromatic rings. The summed E-state index contributed by atoms with van der Waals surface area (Å²) in [5.41, 5.74) is 0. The van der Waals surface area contributed by atoms with Crippen LogP contribution in [-0.4, -0.2) is 74.9 Å². The van der Waals surface area contributed by atoms with E-state index in [0.29, 0.717) is 11.0 Å². The van der Waals surface area contributed by atoms with Gasteiger partial charge in [0.05, 0.1) is 27.7 Å². The van der Waals surface area contributed by atoms with Gasteiger partial charge < -0.3 is 18.9 Å². The van der Waals surface area contributed by atoms with Crippen LogP contribution >= 0.6 is 7.82 Å². The molecule has 1 unspecified atom stereocenters. The van der Waals surface area contributed by atoms with Crippen molar-refractivity contribution in [2.45, 2.75) is 45.6 Å². The van der Waals surface area contributed by atoms with Crippen molar-refractivity contribution >= 4 is 19.8 Å². The summed E-state index contributed by atoms with van der Waals surface area (Å²) in [6, 6.07) is 0. The number of carbonyl (C=O) groups is 2. The smallest absolute Gasteiger partial charge is 0.458 e. The molecule has 0 aromatic carbocycles. The second kappa shape index (κ2) is 18.3. The Morgan fingerprint density at radius 2 is 1.44 bits per heavy atom. The Hall–Kier alpha value is -2.03. The second-order valence-electron chi connectivity index (χ2n) is 8.45. The van der Waals surface area contributed by atoms with Gasteiger partial charge >= 0.3 is 19.8 Å². The summed E-state index contributed by atoms with van der Waals surface area (Å²) in [6.45, 7) is 3.72. The van der Waals surface area contributed by atoms with Crippen molar-refractivity contribution in [2.24, 2.45) is 0 Å². The summed E-state index contributed by atoms with van der Waals surface area (Å²) in [6.07, 6.45) is 15.4. The Balaban J connectivity index is 4.93. The predicted molar refractivity (Wildman–Crippen MR) is 132 cm³/mol. The molecule has 0 aromatic heterocycles. The van der Waals surface area contributed by atoms with E-state index in [0.717, 1.165) is 25.7 Å². The zero-order valence-corrected chi connectivity index (χ0v) is 21.9. The molecule has 0 radical (unpaired) electrons. The Bertz CT molecular complexity index is 753. The maximum atomic E-state index is 12.1. The number of unbranched alkanes of at least 4 members (excludes halogenated alkanes) is 2. The minimum absolute atomic E-state index is 0.000105. The van der Waals surface area contributed by atoms with Gasteiger partial charge in [0, 0.05) is 12.2 Å². The number of esters is 2. The van der Waals surface area contributed by atoms with Crippen LogP contribution in [0.5, 0.6) is 0 Å². The molecule has 1 N–H and O–H groups in total. The molecule has 0 heterocycles. The highest BCUT2D eigenvalue weighted by Crippen LogP contribution is 2.43. The van der Waals surface area contributed by atoms with Crippen molar-refractivity contribution in [2.75, 3.05) is 47.5 Å². The lowest BCUT2D eigenvalue weighted by molar-refractivity contribution is -0.870. The van der Waals surface area contributed by atoms with Crippen LogP contribution in [0.4, 0.5) is 0 Å². The van der Waals surface area contributed by atoms with Crippen molar-refractivity contribution in [1.82, 2.24) is 0 Å². The molecule has 0 aliphatic heterocycles. The van der Waals surface area contributed by atoms with Gasteiger partial charge in [-0.2, -0.15) is 0 Å². The van der Waals surface area contributed by atoms with Gasteiger partial charge in [-0.05, 0) is 12.8 Å². The molecule has 0 fully saturated rings. The summed E-state index contributed by atoms with van der Waals surface area (Å²) in [5.74, 6) is -1.35. The number of likely N-dealkylation sites (N-methyl/N-ethyl adjacent to an activating group) is 1. The first-order valence-electron chi connectivity index (χ1n) is 11.4. The third-order valence-corrected chi connectivity index (χ3v) is 4.99. The van der Waals surface area contributed by atoms with Crippen molar-refractivity contribution in [3.05, 3.63) is 48.6 Å². The largest absolute Gasteiger partial charge is 0.472 e. The maximum Gasteiger partial charge on any atom is 0.472 e. The lowest BCUT2D eigenvalue weighted by Crippen LogP contribution is -2.37. The molecule has 0 aliphatic rings. The highest BCUT2D eigenvalue weighted by Gasteiger charge is 2.26. The monoisotopic (exact) mass is 502 g/mol. The summed E-state index contributed by atoms with van der Waals surface area (Å²) in [4.78, 5) is 33.9. The van der Waals surface area contributed by atoms with E-state index in [-0.39, 0.29) is 13.2 Å². The van der Waals surface area contributed by atoms with Crippen LogP contribution in [0, 0.1) is 0 Å². The molecule has 0 amide bonds. The Kier molecular flexibility index (Phi) is 17.2. The van der Waals surface area contributed by atoms with E-state index in [1.807, 2.05) is 47.1 Å². The maximum absolute atomic E-state index is 12.1. The topological polar surface area (TPSA) is 108 Å². The number of ether oxygens (including phenoxy) is 2. The molecule has 0 aliphatic carbocycles. The number of phosphoric ester groups is 1. The van der Waals surface area contributed by atoms with Crippen molar-refractivity contribution in [1.29, 1.82) is 0 Å². The lowest BCUT2D eigenvalue weighted by Gasteiger charge is -2.24. The number of carbonyl (C=O) groups excluding carboxylic acids is 2. The Labute approximate surface area is 203 Å². The Morgan fingerprint density at radius 1 is 0.882 bits per heavy atom. The SMILES string of the molecule is CCCC=CC=CC(=O)OC[C@H](COP(=O)(O)OCC[N+](C)(C)C)OC(=O)C=CC=CCCC. The van der Waals surface area contributed by atoms with Gasteiger partial charge in [-0.1, -0.05) is 63.1 Å². The third kappa shape index (κ3) is 20.6. The summed E-state index contributed by atoms with van der Waals surface area (Å²) in [5, 5.41) is 0. The van der Waals surface area contributed by atoms with Crippen molar-refractivity contribution in [3.63, 3.8) is 0 Å². The average molecular weight is 503 g/mol. The molecule has 10 heteroatoms. The summed E-state index contributed by atoms with van der Waals surface area (Å²) < 4.78 is 32.9. The molecule has 0 saturated carbocycles. The summed E-state index contributed by atoms with van der Waals surface area (Å²) >= 11 is 0. The average Bonchev–Trinajstić information content (AvgIpc) is 2.74.